The first-order valence-electron chi connectivity index (χ1n) is 8.10. The van der Waals surface area contributed by atoms with Gasteiger partial charge in [-0.15, -0.1) is 11.8 Å². The van der Waals surface area contributed by atoms with Crippen molar-refractivity contribution in [2.45, 2.75) is 18.7 Å². The van der Waals surface area contributed by atoms with Crippen LogP contribution in [0.15, 0.2) is 48.5 Å². The van der Waals surface area contributed by atoms with E-state index in [1.54, 1.807) is 30.7 Å². The van der Waals surface area contributed by atoms with Crippen LogP contribution in [0.25, 0.3) is 0 Å². The van der Waals surface area contributed by atoms with E-state index >= 15 is 0 Å². The smallest absolute Gasteiger partial charge is 0.238 e. The van der Waals surface area contributed by atoms with Crippen LogP contribution in [0.5, 0.6) is 5.75 Å². The summed E-state index contributed by atoms with van der Waals surface area (Å²) in [5.74, 6) is 1.23. The summed E-state index contributed by atoms with van der Waals surface area (Å²) in [6.45, 7) is 1.81. The predicted octanol–water partition coefficient (Wildman–Crippen LogP) is 3.82. The fraction of sp³-hybridized carbons (Fsp3) is 0.263. The second-order valence-electron chi connectivity index (χ2n) is 5.65. The third-order valence-corrected chi connectivity index (χ3v) is 5.21. The maximum absolute atomic E-state index is 12.5. The number of rotatable bonds is 5. The second kappa shape index (κ2) is 7.61. The van der Waals surface area contributed by atoms with Gasteiger partial charge in [0.1, 0.15) is 11.1 Å². The number of hydrogen-bond donors (Lipinski definition) is 1. The fourth-order valence-electron chi connectivity index (χ4n) is 2.70. The van der Waals surface area contributed by atoms with Crippen molar-refractivity contribution in [2.24, 2.45) is 0 Å². The molecule has 0 spiro atoms. The molecule has 1 aliphatic rings. The number of benzene rings is 2. The fourth-order valence-corrected chi connectivity index (χ4v) is 3.88. The highest BCUT2D eigenvalue weighted by Gasteiger charge is 2.34. The van der Waals surface area contributed by atoms with E-state index in [0.717, 1.165) is 17.0 Å². The number of nitrogens with zero attached hydrogens (tertiary/aromatic N) is 1. The minimum Gasteiger partial charge on any atom is -0.497 e. The lowest BCUT2D eigenvalue weighted by atomic mass is 10.1. The summed E-state index contributed by atoms with van der Waals surface area (Å²) in [6.07, 6.45) is 0.414. The van der Waals surface area contributed by atoms with Crippen LogP contribution in [0.1, 0.15) is 24.3 Å². The van der Waals surface area contributed by atoms with Gasteiger partial charge in [0, 0.05) is 17.8 Å². The Kier molecular flexibility index (Phi) is 5.28. The highest BCUT2D eigenvalue weighted by atomic mass is 32.2. The molecule has 2 aromatic rings. The Balaban J connectivity index is 1.89. The SMILES string of the molecule is CCC(=O)Nc1cccc(N2C(=O)CSC2c2ccc(OC)cc2)c1. The first-order chi connectivity index (χ1) is 12.1. The molecular weight excluding hydrogens is 336 g/mol. The quantitative estimate of drug-likeness (QED) is 0.885. The molecule has 1 atom stereocenters. The van der Waals surface area contributed by atoms with Crippen LogP contribution in [-0.4, -0.2) is 24.7 Å². The van der Waals surface area contributed by atoms with Crippen molar-refractivity contribution in [1.29, 1.82) is 0 Å². The zero-order chi connectivity index (χ0) is 17.8. The topological polar surface area (TPSA) is 58.6 Å². The first kappa shape index (κ1) is 17.4. The molecule has 130 valence electrons. The van der Waals surface area contributed by atoms with Gasteiger partial charge < -0.3 is 10.1 Å². The van der Waals surface area contributed by atoms with Crippen molar-refractivity contribution >= 4 is 35.0 Å². The average Bonchev–Trinajstić information content (AvgIpc) is 3.03. The molecule has 3 rings (SSSR count). The van der Waals surface area contributed by atoms with E-state index in [-0.39, 0.29) is 17.2 Å². The highest BCUT2D eigenvalue weighted by Crippen LogP contribution is 2.42. The molecule has 5 nitrogen and oxygen atoms in total. The lowest BCUT2D eigenvalue weighted by Crippen LogP contribution is -2.27. The Labute approximate surface area is 151 Å². The van der Waals surface area contributed by atoms with Gasteiger partial charge in [-0.25, -0.2) is 0 Å². The average molecular weight is 356 g/mol. The Morgan fingerprint density at radius 1 is 1.28 bits per heavy atom. The molecule has 1 heterocycles. The molecule has 0 radical (unpaired) electrons. The lowest BCUT2D eigenvalue weighted by molar-refractivity contribution is -0.116. The number of ether oxygens (including phenoxy) is 1. The van der Waals surface area contributed by atoms with Gasteiger partial charge >= 0.3 is 0 Å². The highest BCUT2D eigenvalue weighted by molar-refractivity contribution is 8.00. The Bertz CT molecular complexity index is 776. The number of amides is 2. The molecule has 0 bridgehead atoms. The van der Waals surface area contributed by atoms with Gasteiger partial charge in [0.05, 0.1) is 12.9 Å². The number of carbonyl (C=O) groups excluding carboxylic acids is 2. The first-order valence-corrected chi connectivity index (χ1v) is 9.14. The predicted molar refractivity (Wildman–Crippen MR) is 101 cm³/mol. The lowest BCUT2D eigenvalue weighted by Gasteiger charge is -2.25. The van der Waals surface area contributed by atoms with Gasteiger partial charge in [-0.1, -0.05) is 25.1 Å². The summed E-state index contributed by atoms with van der Waals surface area (Å²) >= 11 is 1.59. The molecule has 0 saturated carbocycles. The third-order valence-electron chi connectivity index (χ3n) is 4.00. The normalized spacial score (nSPS) is 16.8. The molecule has 2 amide bonds. The van der Waals surface area contributed by atoms with E-state index in [1.807, 2.05) is 48.5 Å². The van der Waals surface area contributed by atoms with Gasteiger partial charge in [-0.3, -0.25) is 14.5 Å². The molecule has 1 unspecified atom stereocenters. The van der Waals surface area contributed by atoms with Crippen LogP contribution in [-0.2, 0) is 9.59 Å². The molecule has 0 aliphatic carbocycles. The van der Waals surface area contributed by atoms with E-state index < -0.39 is 0 Å². The summed E-state index contributed by atoms with van der Waals surface area (Å²) in [7, 11) is 1.63. The Hall–Kier alpha value is -2.47. The summed E-state index contributed by atoms with van der Waals surface area (Å²) in [5.41, 5.74) is 2.52. The van der Waals surface area contributed by atoms with Crippen LogP contribution in [0.4, 0.5) is 11.4 Å². The van der Waals surface area contributed by atoms with E-state index in [2.05, 4.69) is 5.32 Å². The number of hydrogen-bond acceptors (Lipinski definition) is 4. The number of anilines is 2. The Morgan fingerprint density at radius 3 is 2.72 bits per heavy atom. The summed E-state index contributed by atoms with van der Waals surface area (Å²) in [6, 6.07) is 15.2. The number of methoxy groups -OCH3 is 1. The summed E-state index contributed by atoms with van der Waals surface area (Å²) in [5, 5.41) is 2.75. The number of nitrogens with one attached hydrogen (secondary N) is 1. The van der Waals surface area contributed by atoms with Crippen LogP contribution in [0, 0.1) is 0 Å². The van der Waals surface area contributed by atoms with Gasteiger partial charge in [-0.05, 0) is 35.9 Å². The minimum atomic E-state index is -0.0875. The van der Waals surface area contributed by atoms with E-state index in [1.165, 1.54) is 0 Å². The molecule has 1 fully saturated rings. The molecule has 1 aliphatic heterocycles. The van der Waals surface area contributed by atoms with Crippen LogP contribution in [0.2, 0.25) is 0 Å². The standard InChI is InChI=1S/C19H20N2O3S/c1-3-17(22)20-14-5-4-6-15(11-14)21-18(23)12-25-19(21)13-7-9-16(24-2)10-8-13/h4-11,19H,3,12H2,1-2H3,(H,20,22). The summed E-state index contributed by atoms with van der Waals surface area (Å²) in [4.78, 5) is 25.9. The van der Waals surface area contributed by atoms with Gasteiger partial charge in [-0.2, -0.15) is 0 Å². The maximum atomic E-state index is 12.5. The van der Waals surface area contributed by atoms with Crippen molar-refractivity contribution in [3.63, 3.8) is 0 Å². The van der Waals surface area contributed by atoms with Gasteiger partial charge in [0.2, 0.25) is 11.8 Å². The zero-order valence-electron chi connectivity index (χ0n) is 14.2. The van der Waals surface area contributed by atoms with Crippen molar-refractivity contribution in [3.8, 4) is 5.75 Å². The minimum absolute atomic E-state index is 0.0500. The number of thioether (sulfide) groups is 1. The second-order valence-corrected chi connectivity index (χ2v) is 6.72. The molecular formula is C19H20N2O3S. The molecule has 1 saturated heterocycles. The molecule has 0 aromatic heterocycles. The van der Waals surface area contributed by atoms with Crippen LogP contribution in [0.3, 0.4) is 0 Å². The molecule has 25 heavy (non-hydrogen) atoms. The molecule has 6 heteroatoms. The van der Waals surface area contributed by atoms with Crippen molar-refractivity contribution in [3.05, 3.63) is 54.1 Å². The Morgan fingerprint density at radius 2 is 2.04 bits per heavy atom. The zero-order valence-corrected chi connectivity index (χ0v) is 15.0. The van der Waals surface area contributed by atoms with Crippen molar-refractivity contribution in [2.75, 3.05) is 23.1 Å². The third kappa shape index (κ3) is 3.79. The van der Waals surface area contributed by atoms with E-state index in [4.69, 9.17) is 4.74 Å². The van der Waals surface area contributed by atoms with Crippen LogP contribution < -0.4 is 15.0 Å². The largest absolute Gasteiger partial charge is 0.497 e. The van der Waals surface area contributed by atoms with Crippen molar-refractivity contribution < 1.29 is 14.3 Å². The van der Waals surface area contributed by atoms with Crippen LogP contribution >= 0.6 is 11.8 Å². The molecule has 1 N–H and O–H groups in total. The molecule has 2 aromatic carbocycles. The summed E-state index contributed by atoms with van der Waals surface area (Å²) < 4.78 is 5.20. The maximum Gasteiger partial charge on any atom is 0.238 e. The van der Waals surface area contributed by atoms with E-state index in [0.29, 0.717) is 17.9 Å². The van der Waals surface area contributed by atoms with E-state index in [9.17, 15) is 9.59 Å². The van der Waals surface area contributed by atoms with Crippen molar-refractivity contribution in [1.82, 2.24) is 0 Å². The number of carbonyl (C=O) groups is 2. The van der Waals surface area contributed by atoms with Gasteiger partial charge in [0.25, 0.3) is 0 Å². The van der Waals surface area contributed by atoms with Gasteiger partial charge in [0.15, 0.2) is 0 Å². The monoisotopic (exact) mass is 356 g/mol.